The number of rotatable bonds is 4. The molecule has 0 bridgehead atoms. The van der Waals surface area contributed by atoms with E-state index < -0.39 is 0 Å². The number of carbonyl (C=O) groups is 1. The lowest BCUT2D eigenvalue weighted by Crippen LogP contribution is -2.29. The lowest BCUT2D eigenvalue weighted by atomic mass is 10.1. The Labute approximate surface area is 173 Å². The summed E-state index contributed by atoms with van der Waals surface area (Å²) in [6, 6.07) is 9.90. The smallest absolute Gasteiger partial charge is 0.274 e. The molecule has 29 heavy (non-hydrogen) atoms. The molecule has 2 aliphatic heterocycles. The lowest BCUT2D eigenvalue weighted by molar-refractivity contribution is 0.102. The van der Waals surface area contributed by atoms with Crippen molar-refractivity contribution in [3.05, 3.63) is 41.7 Å². The van der Waals surface area contributed by atoms with Crippen LogP contribution in [0.15, 0.2) is 30.3 Å². The molecule has 4 rings (SSSR count). The van der Waals surface area contributed by atoms with E-state index in [2.05, 4.69) is 37.2 Å². The highest BCUT2D eigenvalue weighted by atomic mass is 16.1. The zero-order valence-corrected chi connectivity index (χ0v) is 17.4. The van der Waals surface area contributed by atoms with Gasteiger partial charge in [0.2, 0.25) is 5.95 Å². The summed E-state index contributed by atoms with van der Waals surface area (Å²) in [5, 5.41) is 2.99. The maximum absolute atomic E-state index is 12.8. The van der Waals surface area contributed by atoms with Gasteiger partial charge >= 0.3 is 0 Å². The van der Waals surface area contributed by atoms with Crippen LogP contribution in [-0.2, 0) is 0 Å². The van der Waals surface area contributed by atoms with E-state index in [1.807, 2.05) is 19.1 Å². The second-order valence-corrected chi connectivity index (χ2v) is 8.14. The van der Waals surface area contributed by atoms with Gasteiger partial charge in [-0.3, -0.25) is 4.79 Å². The van der Waals surface area contributed by atoms with Crippen LogP contribution in [0.1, 0.15) is 61.1 Å². The summed E-state index contributed by atoms with van der Waals surface area (Å²) in [6.45, 7) is 6.08. The Morgan fingerprint density at radius 3 is 2.07 bits per heavy atom. The number of aromatic nitrogens is 2. The van der Waals surface area contributed by atoms with Gasteiger partial charge in [0.05, 0.1) is 0 Å². The molecule has 2 aliphatic rings. The molecule has 1 aromatic heterocycles. The number of carbonyl (C=O) groups excluding carboxylic acids is 1. The molecular formula is C23H31N5O. The Bertz CT molecular complexity index is 822. The molecule has 6 heteroatoms. The van der Waals surface area contributed by atoms with Crippen molar-refractivity contribution < 1.29 is 4.79 Å². The number of piperidine rings is 1. The minimum atomic E-state index is -0.183. The molecule has 2 fully saturated rings. The quantitative estimate of drug-likeness (QED) is 0.834. The second kappa shape index (κ2) is 9.25. The summed E-state index contributed by atoms with van der Waals surface area (Å²) in [6.07, 6.45) is 8.65. The Balaban J connectivity index is 1.45. The summed E-state index contributed by atoms with van der Waals surface area (Å²) < 4.78 is 0. The predicted octanol–water partition coefficient (Wildman–Crippen LogP) is 4.41. The molecule has 2 saturated heterocycles. The average molecular weight is 394 g/mol. The van der Waals surface area contributed by atoms with Gasteiger partial charge in [-0.05, 0) is 69.4 Å². The lowest BCUT2D eigenvalue weighted by Gasteiger charge is -2.28. The number of hydrogen-bond donors (Lipinski definition) is 1. The first-order valence-electron chi connectivity index (χ1n) is 11.0. The van der Waals surface area contributed by atoms with E-state index in [0.29, 0.717) is 11.6 Å². The fourth-order valence-electron chi connectivity index (χ4n) is 4.18. The van der Waals surface area contributed by atoms with E-state index in [-0.39, 0.29) is 5.91 Å². The Morgan fingerprint density at radius 1 is 0.828 bits per heavy atom. The number of amides is 1. The van der Waals surface area contributed by atoms with Gasteiger partial charge in [0.1, 0.15) is 5.69 Å². The van der Waals surface area contributed by atoms with Crippen LogP contribution >= 0.6 is 0 Å². The maximum atomic E-state index is 12.8. The topological polar surface area (TPSA) is 61.4 Å². The largest absolute Gasteiger partial charge is 0.372 e. The number of benzene rings is 1. The van der Waals surface area contributed by atoms with Crippen molar-refractivity contribution in [1.82, 2.24) is 9.97 Å². The molecule has 0 unspecified atom stereocenters. The third-order valence-electron chi connectivity index (χ3n) is 5.81. The Morgan fingerprint density at radius 2 is 1.41 bits per heavy atom. The molecular weight excluding hydrogens is 362 g/mol. The molecule has 3 heterocycles. The average Bonchev–Trinajstić information content (AvgIpc) is 3.04. The highest BCUT2D eigenvalue weighted by molar-refractivity contribution is 6.03. The number of hydrogen-bond acceptors (Lipinski definition) is 5. The van der Waals surface area contributed by atoms with Crippen LogP contribution in [0.3, 0.4) is 0 Å². The van der Waals surface area contributed by atoms with Gasteiger partial charge in [-0.2, -0.15) is 0 Å². The monoisotopic (exact) mass is 393 g/mol. The number of nitrogens with one attached hydrogen (secondary N) is 1. The normalized spacial score (nSPS) is 17.7. The van der Waals surface area contributed by atoms with Gasteiger partial charge in [-0.25, -0.2) is 9.97 Å². The number of anilines is 3. The Hall–Kier alpha value is -2.63. The first-order valence-corrected chi connectivity index (χ1v) is 11.0. The fraction of sp³-hybridized carbons (Fsp3) is 0.522. The van der Waals surface area contributed by atoms with Crippen molar-refractivity contribution in [2.75, 3.05) is 41.3 Å². The van der Waals surface area contributed by atoms with Crippen molar-refractivity contribution in [3.63, 3.8) is 0 Å². The van der Waals surface area contributed by atoms with Crippen LogP contribution in [0.2, 0.25) is 0 Å². The van der Waals surface area contributed by atoms with E-state index in [1.165, 1.54) is 37.8 Å². The molecule has 1 amide bonds. The van der Waals surface area contributed by atoms with Gasteiger partial charge in [0.25, 0.3) is 5.91 Å². The highest BCUT2D eigenvalue weighted by Crippen LogP contribution is 2.22. The van der Waals surface area contributed by atoms with Gasteiger partial charge in [-0.1, -0.05) is 12.8 Å². The first-order chi connectivity index (χ1) is 14.2. The molecule has 1 N–H and O–H groups in total. The summed E-state index contributed by atoms with van der Waals surface area (Å²) in [5.74, 6) is 0.495. The van der Waals surface area contributed by atoms with Crippen LogP contribution < -0.4 is 15.1 Å². The summed E-state index contributed by atoms with van der Waals surface area (Å²) >= 11 is 0. The molecule has 0 saturated carbocycles. The molecule has 0 radical (unpaired) electrons. The molecule has 1 aromatic carbocycles. The second-order valence-electron chi connectivity index (χ2n) is 8.14. The third kappa shape index (κ3) is 5.05. The molecule has 0 atom stereocenters. The van der Waals surface area contributed by atoms with Gasteiger partial charge < -0.3 is 15.1 Å². The van der Waals surface area contributed by atoms with Gasteiger partial charge in [0.15, 0.2) is 0 Å². The molecule has 2 aromatic rings. The van der Waals surface area contributed by atoms with Crippen molar-refractivity contribution in [2.24, 2.45) is 0 Å². The standard InChI is InChI=1S/C23H31N5O/c1-18-17-21(26-23(24-18)28-15-5-2-3-6-16-28)22(29)25-19-9-11-20(12-10-19)27-13-7-4-8-14-27/h9-12,17H,2-8,13-16H2,1H3,(H,25,29). The van der Waals surface area contributed by atoms with Crippen LogP contribution in [0.25, 0.3) is 0 Å². The molecule has 0 spiro atoms. The number of aryl methyl sites for hydroxylation is 1. The fourth-order valence-corrected chi connectivity index (χ4v) is 4.18. The van der Waals surface area contributed by atoms with E-state index in [1.54, 1.807) is 6.07 Å². The minimum Gasteiger partial charge on any atom is -0.372 e. The summed E-state index contributed by atoms with van der Waals surface area (Å²) in [5.41, 5.74) is 3.27. The Kier molecular flexibility index (Phi) is 6.27. The maximum Gasteiger partial charge on any atom is 0.274 e. The zero-order chi connectivity index (χ0) is 20.1. The third-order valence-corrected chi connectivity index (χ3v) is 5.81. The van der Waals surface area contributed by atoms with Crippen LogP contribution in [0.5, 0.6) is 0 Å². The van der Waals surface area contributed by atoms with Crippen molar-refractivity contribution in [2.45, 2.75) is 51.9 Å². The molecule has 6 nitrogen and oxygen atoms in total. The van der Waals surface area contributed by atoms with Crippen molar-refractivity contribution in [1.29, 1.82) is 0 Å². The van der Waals surface area contributed by atoms with Gasteiger partial charge in [-0.15, -0.1) is 0 Å². The summed E-state index contributed by atoms with van der Waals surface area (Å²) in [4.78, 5) is 26.6. The van der Waals surface area contributed by atoms with Crippen LogP contribution in [0, 0.1) is 6.92 Å². The SMILES string of the molecule is Cc1cc(C(=O)Nc2ccc(N3CCCCC3)cc2)nc(N2CCCCCC2)n1. The van der Waals surface area contributed by atoms with E-state index >= 15 is 0 Å². The van der Waals surface area contributed by atoms with Crippen LogP contribution in [-0.4, -0.2) is 42.1 Å². The zero-order valence-electron chi connectivity index (χ0n) is 17.4. The van der Waals surface area contributed by atoms with Crippen LogP contribution in [0.4, 0.5) is 17.3 Å². The van der Waals surface area contributed by atoms with E-state index in [4.69, 9.17) is 0 Å². The van der Waals surface area contributed by atoms with Crippen molar-refractivity contribution >= 4 is 23.2 Å². The van der Waals surface area contributed by atoms with E-state index in [0.717, 1.165) is 50.4 Å². The first kappa shape index (κ1) is 19.7. The van der Waals surface area contributed by atoms with E-state index in [9.17, 15) is 4.79 Å². The minimum absolute atomic E-state index is 0.183. The highest BCUT2D eigenvalue weighted by Gasteiger charge is 2.17. The van der Waals surface area contributed by atoms with Gasteiger partial charge in [0, 0.05) is 43.2 Å². The number of nitrogens with zero attached hydrogens (tertiary/aromatic N) is 4. The van der Waals surface area contributed by atoms with Crippen molar-refractivity contribution in [3.8, 4) is 0 Å². The molecule has 0 aliphatic carbocycles. The summed E-state index contributed by atoms with van der Waals surface area (Å²) in [7, 11) is 0. The molecule has 154 valence electrons. The predicted molar refractivity (Wildman–Crippen MR) is 118 cm³/mol.